The van der Waals surface area contributed by atoms with Gasteiger partial charge in [-0.15, -0.1) is 0 Å². The molecule has 0 saturated carbocycles. The Balaban J connectivity index is 2.40. The second-order valence-electron chi connectivity index (χ2n) is 6.62. The van der Waals surface area contributed by atoms with Gasteiger partial charge in [0.1, 0.15) is 17.2 Å². The maximum absolute atomic E-state index is 9.65. The summed E-state index contributed by atoms with van der Waals surface area (Å²) in [6, 6.07) is 17.8. The lowest BCUT2D eigenvalue weighted by Crippen LogP contribution is -1.98. The Morgan fingerprint density at radius 3 is 1.46 bits per heavy atom. The summed E-state index contributed by atoms with van der Waals surface area (Å²) in [6.45, 7) is 4.04. The molecule has 0 radical (unpaired) electrons. The average Bonchev–Trinajstić information content (AvgIpc) is 2.72. The summed E-state index contributed by atoms with van der Waals surface area (Å²) in [5.74, 6) is 2.12. The Hall–Kier alpha value is -3.45. The molecule has 28 heavy (non-hydrogen) atoms. The van der Waals surface area contributed by atoms with Crippen molar-refractivity contribution in [2.24, 2.45) is 0 Å². The van der Waals surface area contributed by atoms with E-state index in [1.165, 1.54) is 0 Å². The van der Waals surface area contributed by atoms with E-state index in [-0.39, 0.29) is 0 Å². The Kier molecular flexibility index (Phi) is 5.56. The molecule has 0 N–H and O–H groups in total. The minimum absolute atomic E-state index is 0.540. The van der Waals surface area contributed by atoms with E-state index in [2.05, 4.69) is 6.07 Å². The molecule has 0 amide bonds. The first kappa shape index (κ1) is 19.3. The average molecular weight is 373 g/mol. The highest BCUT2D eigenvalue weighted by Gasteiger charge is 2.20. The van der Waals surface area contributed by atoms with Gasteiger partial charge >= 0.3 is 0 Å². The smallest absolute Gasteiger partial charge is 0.134 e. The lowest BCUT2D eigenvalue weighted by molar-refractivity contribution is 0.408. The maximum Gasteiger partial charge on any atom is 0.134 e. The topological polar surface area (TPSA) is 51.5 Å². The van der Waals surface area contributed by atoms with Crippen LogP contribution in [0.25, 0.3) is 22.3 Å². The van der Waals surface area contributed by atoms with Gasteiger partial charge in [-0.3, -0.25) is 0 Å². The Morgan fingerprint density at radius 1 is 0.643 bits per heavy atom. The molecule has 0 fully saturated rings. The van der Waals surface area contributed by atoms with Crippen LogP contribution in [-0.2, 0) is 0 Å². The fourth-order valence-corrected chi connectivity index (χ4v) is 3.38. The number of rotatable bonds is 5. The molecule has 0 bridgehead atoms. The van der Waals surface area contributed by atoms with Crippen LogP contribution in [0.2, 0.25) is 0 Å². The number of nitriles is 1. The zero-order valence-corrected chi connectivity index (χ0v) is 16.8. The molecule has 4 nitrogen and oxygen atoms in total. The molecule has 0 aliphatic carbocycles. The number of ether oxygens (including phenoxy) is 3. The molecule has 3 rings (SSSR count). The van der Waals surface area contributed by atoms with Crippen molar-refractivity contribution in [2.75, 3.05) is 21.3 Å². The lowest BCUT2D eigenvalue weighted by Gasteiger charge is -2.19. The molecule has 0 atom stereocenters. The van der Waals surface area contributed by atoms with Gasteiger partial charge in [0.05, 0.1) is 33.0 Å². The zero-order chi connectivity index (χ0) is 20.3. The van der Waals surface area contributed by atoms with E-state index in [0.717, 1.165) is 44.9 Å². The summed E-state index contributed by atoms with van der Waals surface area (Å²) in [6.07, 6.45) is 0. The van der Waals surface area contributed by atoms with Crippen molar-refractivity contribution in [1.82, 2.24) is 0 Å². The van der Waals surface area contributed by atoms with Crippen LogP contribution in [0.5, 0.6) is 17.2 Å². The predicted molar refractivity (Wildman–Crippen MR) is 111 cm³/mol. The molecule has 0 aromatic heterocycles. The summed E-state index contributed by atoms with van der Waals surface area (Å²) in [4.78, 5) is 0. The van der Waals surface area contributed by atoms with Crippen molar-refractivity contribution in [3.8, 4) is 45.6 Å². The summed E-state index contributed by atoms with van der Waals surface area (Å²) < 4.78 is 17.0. The van der Waals surface area contributed by atoms with Crippen molar-refractivity contribution in [3.05, 3.63) is 65.2 Å². The molecule has 0 spiro atoms. The van der Waals surface area contributed by atoms with Gasteiger partial charge in [-0.1, -0.05) is 23.3 Å². The van der Waals surface area contributed by atoms with E-state index >= 15 is 0 Å². The quantitative estimate of drug-likeness (QED) is 0.590. The lowest BCUT2D eigenvalue weighted by atomic mass is 9.92. The number of methoxy groups -OCH3 is 3. The van der Waals surface area contributed by atoms with E-state index in [1.54, 1.807) is 21.3 Å². The summed E-state index contributed by atoms with van der Waals surface area (Å²) >= 11 is 0. The molecule has 0 heterocycles. The van der Waals surface area contributed by atoms with Crippen LogP contribution >= 0.6 is 0 Å². The minimum atomic E-state index is 0.540. The van der Waals surface area contributed by atoms with Crippen molar-refractivity contribution >= 4 is 0 Å². The van der Waals surface area contributed by atoms with Crippen LogP contribution in [0.15, 0.2) is 48.5 Å². The fraction of sp³-hybridized carbons (Fsp3) is 0.208. The molecule has 4 heteroatoms. The Labute approximate surface area is 165 Å². The van der Waals surface area contributed by atoms with Gasteiger partial charge in [0.2, 0.25) is 0 Å². The van der Waals surface area contributed by atoms with Crippen molar-refractivity contribution in [2.45, 2.75) is 13.8 Å². The highest BCUT2D eigenvalue weighted by atomic mass is 16.5. The third-order valence-electron chi connectivity index (χ3n) is 4.71. The van der Waals surface area contributed by atoms with E-state index < -0.39 is 0 Å². The number of nitrogens with zero attached hydrogens (tertiary/aromatic N) is 1. The van der Waals surface area contributed by atoms with Gasteiger partial charge in [0.25, 0.3) is 0 Å². The molecule has 0 aliphatic rings. The van der Waals surface area contributed by atoms with Gasteiger partial charge in [0.15, 0.2) is 0 Å². The first-order chi connectivity index (χ1) is 13.5. The van der Waals surface area contributed by atoms with Crippen LogP contribution in [0.3, 0.4) is 0 Å². The fourth-order valence-electron chi connectivity index (χ4n) is 3.38. The molecule has 3 aromatic rings. The van der Waals surface area contributed by atoms with Crippen LogP contribution < -0.4 is 14.2 Å². The second kappa shape index (κ2) is 8.06. The van der Waals surface area contributed by atoms with Crippen LogP contribution in [0.1, 0.15) is 16.7 Å². The Bertz CT molecular complexity index is 989. The predicted octanol–water partition coefficient (Wildman–Crippen LogP) is 5.53. The second-order valence-corrected chi connectivity index (χ2v) is 6.62. The molecule has 0 unspecified atom stereocenters. The van der Waals surface area contributed by atoms with E-state index in [4.69, 9.17) is 14.2 Å². The standard InChI is InChI=1S/C24H23NO3/c1-15-6-8-22(26-3)18(10-15)20-12-17(14-25)13-21(24(20)28-5)19-11-16(2)7-9-23(19)27-4/h6-13H,1-5H3. The van der Waals surface area contributed by atoms with Gasteiger partial charge < -0.3 is 14.2 Å². The van der Waals surface area contributed by atoms with Gasteiger partial charge in [-0.2, -0.15) is 5.26 Å². The van der Waals surface area contributed by atoms with Crippen LogP contribution in [-0.4, -0.2) is 21.3 Å². The van der Waals surface area contributed by atoms with Gasteiger partial charge in [0, 0.05) is 22.3 Å². The molecule has 0 aliphatic heterocycles. The summed E-state index contributed by atoms with van der Waals surface area (Å²) in [7, 11) is 4.91. The summed E-state index contributed by atoms with van der Waals surface area (Å²) in [5, 5.41) is 9.65. The number of aryl methyl sites for hydroxylation is 2. The first-order valence-corrected chi connectivity index (χ1v) is 8.94. The van der Waals surface area contributed by atoms with Crippen LogP contribution in [0, 0.1) is 25.2 Å². The zero-order valence-electron chi connectivity index (χ0n) is 16.8. The van der Waals surface area contributed by atoms with E-state index in [0.29, 0.717) is 11.3 Å². The number of benzene rings is 3. The SMILES string of the molecule is COc1ccc(C)cc1-c1cc(C#N)cc(-c2cc(C)ccc2OC)c1OC. The maximum atomic E-state index is 9.65. The van der Waals surface area contributed by atoms with Crippen molar-refractivity contribution < 1.29 is 14.2 Å². The molecule has 0 saturated heterocycles. The van der Waals surface area contributed by atoms with Crippen LogP contribution in [0.4, 0.5) is 0 Å². The highest BCUT2D eigenvalue weighted by Crippen LogP contribution is 2.45. The number of hydrogen-bond acceptors (Lipinski definition) is 4. The third kappa shape index (κ3) is 3.52. The molecule has 3 aromatic carbocycles. The van der Waals surface area contributed by atoms with E-state index in [1.807, 2.05) is 62.4 Å². The van der Waals surface area contributed by atoms with Crippen molar-refractivity contribution in [3.63, 3.8) is 0 Å². The molecular weight excluding hydrogens is 350 g/mol. The largest absolute Gasteiger partial charge is 0.496 e. The Morgan fingerprint density at radius 2 is 1.11 bits per heavy atom. The number of hydrogen-bond donors (Lipinski definition) is 0. The third-order valence-corrected chi connectivity index (χ3v) is 4.71. The molecule has 142 valence electrons. The molecular formula is C24H23NO3. The van der Waals surface area contributed by atoms with Crippen molar-refractivity contribution in [1.29, 1.82) is 5.26 Å². The highest BCUT2D eigenvalue weighted by molar-refractivity contribution is 5.88. The van der Waals surface area contributed by atoms with E-state index in [9.17, 15) is 5.26 Å². The van der Waals surface area contributed by atoms with Gasteiger partial charge in [-0.05, 0) is 50.2 Å². The monoisotopic (exact) mass is 373 g/mol. The van der Waals surface area contributed by atoms with Gasteiger partial charge in [-0.25, -0.2) is 0 Å². The first-order valence-electron chi connectivity index (χ1n) is 8.94. The minimum Gasteiger partial charge on any atom is -0.496 e. The summed E-state index contributed by atoms with van der Waals surface area (Å²) in [5.41, 5.74) is 6.10. The normalized spacial score (nSPS) is 10.3.